The van der Waals surface area contributed by atoms with Crippen LogP contribution in [0.5, 0.6) is 0 Å². The molecule has 0 saturated carbocycles. The Balaban J connectivity index is 0.000000537. The van der Waals surface area contributed by atoms with E-state index in [9.17, 15) is 9.90 Å². The number of nitrogens with zero attached hydrogens (tertiary/aromatic N) is 1. The number of ether oxygens (including phenoxy) is 1. The first-order valence-electron chi connectivity index (χ1n) is 10.1. The van der Waals surface area contributed by atoms with Crippen LogP contribution in [0.4, 0.5) is 0 Å². The van der Waals surface area contributed by atoms with Crippen molar-refractivity contribution in [2.45, 2.75) is 69.7 Å². The van der Waals surface area contributed by atoms with Crippen molar-refractivity contribution in [1.82, 2.24) is 0 Å². The Labute approximate surface area is 174 Å². The summed E-state index contributed by atoms with van der Waals surface area (Å²) < 4.78 is 34.2. The van der Waals surface area contributed by atoms with Crippen molar-refractivity contribution < 1.29 is 32.1 Å². The predicted octanol–water partition coefficient (Wildman–Crippen LogP) is 2.02. The fourth-order valence-electron chi connectivity index (χ4n) is 4.82. The molecule has 1 N–H and O–H groups in total. The Kier molecular flexibility index (Phi) is 7.84. The summed E-state index contributed by atoms with van der Waals surface area (Å²) in [6, 6.07) is 11.2. The number of aliphatic hydroxyl groups is 1. The lowest BCUT2D eigenvalue weighted by Gasteiger charge is -2.49. The van der Waals surface area contributed by atoms with Gasteiger partial charge in [0.2, 0.25) is 0 Å². The highest BCUT2D eigenvalue weighted by atomic mass is 32.2. The van der Waals surface area contributed by atoms with Crippen LogP contribution in [0.1, 0.15) is 51.0 Å². The van der Waals surface area contributed by atoms with E-state index in [1.54, 1.807) is 0 Å². The van der Waals surface area contributed by atoms with Crippen LogP contribution in [0, 0.1) is 0 Å². The summed E-state index contributed by atoms with van der Waals surface area (Å²) in [6.07, 6.45) is 4.96. The van der Waals surface area contributed by atoms with Gasteiger partial charge in [0.25, 0.3) is 0 Å². The number of quaternary nitrogens is 1. The molecule has 164 valence electrons. The lowest BCUT2D eigenvalue weighted by molar-refractivity contribution is -0.968. The molecule has 0 amide bonds. The first-order valence-corrected chi connectivity index (χ1v) is 11.9. The molecule has 2 fully saturated rings. The van der Waals surface area contributed by atoms with Crippen LogP contribution >= 0.6 is 0 Å². The lowest BCUT2D eigenvalue weighted by Crippen LogP contribution is -2.62. The number of aliphatic hydroxyl groups excluding tert-OH is 1. The van der Waals surface area contributed by atoms with Crippen molar-refractivity contribution >= 4 is 16.1 Å². The minimum atomic E-state index is -3.92. The number of benzene rings is 1. The Morgan fingerprint density at radius 1 is 1.21 bits per heavy atom. The minimum absolute atomic E-state index is 0.00212. The number of hydrogen-bond donors (Lipinski definition) is 1. The third kappa shape index (κ3) is 6.01. The highest BCUT2D eigenvalue weighted by Gasteiger charge is 2.53. The molecule has 3 rings (SSSR count). The summed E-state index contributed by atoms with van der Waals surface area (Å²) in [5.41, 5.74) is 0.826. The van der Waals surface area contributed by atoms with Crippen molar-refractivity contribution in [1.29, 1.82) is 0 Å². The smallest absolute Gasteiger partial charge is 0.316 e. The maximum absolute atomic E-state index is 12.6. The van der Waals surface area contributed by atoms with Gasteiger partial charge >= 0.3 is 5.97 Å². The van der Waals surface area contributed by atoms with Crippen molar-refractivity contribution in [2.24, 2.45) is 0 Å². The van der Waals surface area contributed by atoms with Crippen LogP contribution in [-0.2, 0) is 19.6 Å². The van der Waals surface area contributed by atoms with Crippen LogP contribution in [0.2, 0.25) is 0 Å². The topological polar surface area (TPSA) is 104 Å². The molecule has 1 aromatic carbocycles. The van der Waals surface area contributed by atoms with Gasteiger partial charge in [-0.3, -0.25) is 4.79 Å². The van der Waals surface area contributed by atoms with Crippen molar-refractivity contribution in [3.8, 4) is 0 Å². The molecule has 29 heavy (non-hydrogen) atoms. The van der Waals surface area contributed by atoms with E-state index in [2.05, 4.69) is 20.9 Å². The molecule has 7 nitrogen and oxygen atoms in total. The molecule has 0 radical (unpaired) electrons. The van der Waals surface area contributed by atoms with Gasteiger partial charge in [0.05, 0.1) is 41.9 Å². The van der Waals surface area contributed by atoms with Crippen molar-refractivity contribution in [2.75, 3.05) is 19.9 Å². The van der Waals surface area contributed by atoms with Crippen molar-refractivity contribution in [3.63, 3.8) is 0 Å². The molecule has 1 aromatic rings. The maximum Gasteiger partial charge on any atom is 0.316 e. The molecule has 0 spiro atoms. The molecule has 2 bridgehead atoms. The molecule has 3 unspecified atom stereocenters. The summed E-state index contributed by atoms with van der Waals surface area (Å²) in [4.78, 5) is 12.6. The van der Waals surface area contributed by atoms with Crippen LogP contribution in [-0.4, -0.2) is 72.7 Å². The quantitative estimate of drug-likeness (QED) is 0.438. The minimum Gasteiger partial charge on any atom is -0.748 e. The van der Waals surface area contributed by atoms with E-state index < -0.39 is 16.0 Å². The lowest BCUT2D eigenvalue weighted by atomic mass is 9.94. The fourth-order valence-corrected chi connectivity index (χ4v) is 4.82. The average Bonchev–Trinajstić information content (AvgIpc) is 2.79. The van der Waals surface area contributed by atoms with E-state index in [1.165, 1.54) is 12.8 Å². The highest BCUT2D eigenvalue weighted by molar-refractivity contribution is 7.84. The molecule has 0 aromatic heterocycles. The monoisotopic (exact) mass is 427 g/mol. The van der Waals surface area contributed by atoms with E-state index in [4.69, 9.17) is 17.7 Å². The molecular weight excluding hydrogens is 394 g/mol. The van der Waals surface area contributed by atoms with Crippen LogP contribution < -0.4 is 0 Å². The van der Waals surface area contributed by atoms with Crippen LogP contribution in [0.3, 0.4) is 0 Å². The summed E-state index contributed by atoms with van der Waals surface area (Å²) in [5.74, 6) is -0.856. The molecule has 8 heteroatoms. The van der Waals surface area contributed by atoms with Gasteiger partial charge in [-0.2, -0.15) is 0 Å². The number of rotatable bonds is 5. The maximum atomic E-state index is 12.6. The highest BCUT2D eigenvalue weighted by Crippen LogP contribution is 2.44. The molecular formula is C21H33NO6S. The van der Waals surface area contributed by atoms with E-state index in [0.29, 0.717) is 24.4 Å². The Morgan fingerprint density at radius 2 is 1.69 bits per heavy atom. The number of fused-ring (bicyclic) bond motifs is 2. The van der Waals surface area contributed by atoms with Gasteiger partial charge in [-0.15, -0.1) is 0 Å². The van der Waals surface area contributed by atoms with Gasteiger partial charge < -0.3 is 18.9 Å². The zero-order valence-electron chi connectivity index (χ0n) is 17.7. The summed E-state index contributed by atoms with van der Waals surface area (Å²) in [6.45, 7) is 4.39. The van der Waals surface area contributed by atoms with Crippen LogP contribution in [0.15, 0.2) is 30.3 Å². The van der Waals surface area contributed by atoms with Crippen molar-refractivity contribution in [3.05, 3.63) is 35.9 Å². The predicted molar refractivity (Wildman–Crippen MR) is 109 cm³/mol. The second kappa shape index (κ2) is 9.55. The normalized spacial score (nSPS) is 29.7. The van der Waals surface area contributed by atoms with Gasteiger partial charge in [-0.05, 0) is 19.4 Å². The van der Waals surface area contributed by atoms with Gasteiger partial charge in [-0.1, -0.05) is 30.3 Å². The Morgan fingerprint density at radius 3 is 2.10 bits per heavy atom. The summed E-state index contributed by atoms with van der Waals surface area (Å²) >= 11 is 0. The number of hydrogen-bond acceptors (Lipinski definition) is 6. The van der Waals surface area contributed by atoms with E-state index in [1.807, 2.05) is 30.3 Å². The number of piperidine rings is 1. The van der Waals surface area contributed by atoms with Gasteiger partial charge in [0.15, 0.2) is 0 Å². The third-order valence-electron chi connectivity index (χ3n) is 6.54. The molecule has 5 atom stereocenters. The van der Waals surface area contributed by atoms with E-state index >= 15 is 0 Å². The zero-order chi connectivity index (χ0) is 21.8. The molecule has 2 saturated heterocycles. The first kappa shape index (κ1) is 23.8. The van der Waals surface area contributed by atoms with Gasteiger partial charge in [-0.25, -0.2) is 8.42 Å². The Bertz CT molecular complexity index is 758. The van der Waals surface area contributed by atoms with Crippen LogP contribution in [0.25, 0.3) is 0 Å². The molecule has 2 aliphatic rings. The molecule has 0 aliphatic carbocycles. The molecule has 2 aliphatic heterocycles. The largest absolute Gasteiger partial charge is 0.748 e. The second-order valence-corrected chi connectivity index (χ2v) is 9.99. The number of carbonyl (C=O) groups excluding carboxylic acids is 1. The summed E-state index contributed by atoms with van der Waals surface area (Å²) in [5, 5.41) is 9.65. The van der Waals surface area contributed by atoms with E-state index in [-0.39, 0.29) is 18.7 Å². The van der Waals surface area contributed by atoms with Gasteiger partial charge in [0, 0.05) is 31.9 Å². The first-order chi connectivity index (χ1) is 13.5. The fraction of sp³-hybridized carbons (Fsp3) is 0.667. The average molecular weight is 428 g/mol. The van der Waals surface area contributed by atoms with Gasteiger partial charge in [0.1, 0.15) is 12.0 Å². The SMILES string of the molecule is CC(C)[N+]1(C)[C@@H]2CC[C@H]1CC(OC(=O)C(CO)c1ccccc1)C2.CS(=O)(=O)[O-]. The Hall–Kier alpha value is -1.48. The standard InChI is InChI=1S/C20H30NO3.CH4O3S/c1-14(2)21(3)16-9-10-17(21)12-18(11-16)24-20(23)19(13-22)15-7-5-4-6-8-15;1-5(2,3)4/h4-8,14,16-19,22H,9-13H2,1-3H3;1H3,(H,2,3,4)/q+1;/p-1/t16-,17+,18?,19?,21?;. The number of carbonyl (C=O) groups is 1. The molecule has 2 heterocycles. The van der Waals surface area contributed by atoms with E-state index in [0.717, 1.165) is 22.9 Å². The number of esters is 1. The summed E-state index contributed by atoms with van der Waals surface area (Å²) in [7, 11) is -1.55. The third-order valence-corrected chi connectivity index (χ3v) is 6.54. The second-order valence-electron chi connectivity index (χ2n) is 8.58. The zero-order valence-corrected chi connectivity index (χ0v) is 18.5.